The first kappa shape index (κ1) is 10.5. The normalized spacial score (nSPS) is 30.7. The summed E-state index contributed by atoms with van der Waals surface area (Å²) in [5.74, 6) is -0.315. The summed E-state index contributed by atoms with van der Waals surface area (Å²) in [5, 5.41) is 18.6. The number of aliphatic hydroxyl groups is 2. The number of benzene rings is 1. The number of halogens is 1. The molecule has 0 unspecified atom stereocenters. The number of ether oxygens (including phenoxy) is 1. The van der Waals surface area contributed by atoms with Gasteiger partial charge in [0.1, 0.15) is 11.9 Å². The van der Waals surface area contributed by atoms with Gasteiger partial charge in [0.15, 0.2) is 0 Å². The van der Waals surface area contributed by atoms with Crippen molar-refractivity contribution in [1.82, 2.24) is 0 Å². The van der Waals surface area contributed by atoms with Gasteiger partial charge in [-0.15, -0.1) is 0 Å². The van der Waals surface area contributed by atoms with Crippen LogP contribution >= 0.6 is 0 Å². The van der Waals surface area contributed by atoms with E-state index in [9.17, 15) is 9.50 Å². The number of hydrogen-bond donors (Lipinski definition) is 2. The largest absolute Gasteiger partial charge is 0.394 e. The Hall–Kier alpha value is -0.970. The molecule has 1 aliphatic heterocycles. The highest BCUT2D eigenvalue weighted by Gasteiger charge is 2.34. The van der Waals surface area contributed by atoms with Gasteiger partial charge in [0.25, 0.3) is 0 Å². The highest BCUT2D eigenvalue weighted by molar-refractivity contribution is 5.20. The summed E-state index contributed by atoms with van der Waals surface area (Å²) in [6.45, 7) is -0.102. The minimum absolute atomic E-state index is 0.102. The fourth-order valence-electron chi connectivity index (χ4n) is 1.82. The van der Waals surface area contributed by atoms with Crippen LogP contribution in [0.3, 0.4) is 0 Å². The minimum atomic E-state index is -0.632. The van der Waals surface area contributed by atoms with Gasteiger partial charge >= 0.3 is 0 Å². The van der Waals surface area contributed by atoms with Crippen molar-refractivity contribution in [1.29, 1.82) is 0 Å². The number of rotatable bonds is 2. The molecule has 1 fully saturated rings. The van der Waals surface area contributed by atoms with Gasteiger partial charge in [0, 0.05) is 6.42 Å². The van der Waals surface area contributed by atoms with Crippen molar-refractivity contribution < 1.29 is 19.3 Å². The average Bonchev–Trinajstić information content (AvgIpc) is 2.61. The second-order valence-electron chi connectivity index (χ2n) is 3.72. The Bertz CT molecular complexity index is 325. The van der Waals surface area contributed by atoms with E-state index in [1.165, 1.54) is 12.1 Å². The second-order valence-corrected chi connectivity index (χ2v) is 3.72. The molecule has 1 saturated heterocycles. The van der Waals surface area contributed by atoms with Crippen molar-refractivity contribution in [2.45, 2.75) is 24.7 Å². The van der Waals surface area contributed by atoms with Crippen molar-refractivity contribution in [3.63, 3.8) is 0 Å². The molecule has 2 N–H and O–H groups in total. The van der Waals surface area contributed by atoms with Crippen LogP contribution in [0.5, 0.6) is 0 Å². The molecule has 1 aliphatic rings. The molecule has 3 atom stereocenters. The smallest absolute Gasteiger partial charge is 0.123 e. The van der Waals surface area contributed by atoms with Crippen LogP contribution in [0.1, 0.15) is 18.1 Å². The maximum absolute atomic E-state index is 12.7. The molecule has 0 spiro atoms. The van der Waals surface area contributed by atoms with Gasteiger partial charge in [-0.05, 0) is 17.7 Å². The summed E-state index contributed by atoms with van der Waals surface area (Å²) in [4.78, 5) is 0. The Labute approximate surface area is 87.1 Å². The third-order valence-corrected chi connectivity index (χ3v) is 2.60. The lowest BCUT2D eigenvalue weighted by atomic mass is 10.0. The van der Waals surface area contributed by atoms with E-state index in [2.05, 4.69) is 0 Å². The van der Waals surface area contributed by atoms with E-state index in [4.69, 9.17) is 9.84 Å². The first-order valence-electron chi connectivity index (χ1n) is 4.90. The Morgan fingerprint density at radius 2 is 2.00 bits per heavy atom. The van der Waals surface area contributed by atoms with Crippen LogP contribution in [0, 0.1) is 5.82 Å². The van der Waals surface area contributed by atoms with E-state index < -0.39 is 12.2 Å². The molecular weight excluding hydrogens is 199 g/mol. The summed E-state index contributed by atoms with van der Waals surface area (Å²) < 4.78 is 18.1. The van der Waals surface area contributed by atoms with Gasteiger partial charge in [-0.1, -0.05) is 12.1 Å². The van der Waals surface area contributed by atoms with Crippen molar-refractivity contribution >= 4 is 0 Å². The fourth-order valence-corrected chi connectivity index (χ4v) is 1.82. The molecule has 4 heteroatoms. The third kappa shape index (κ3) is 2.17. The molecule has 3 nitrogen and oxygen atoms in total. The first-order valence-corrected chi connectivity index (χ1v) is 4.90. The Morgan fingerprint density at radius 3 is 2.53 bits per heavy atom. The first-order chi connectivity index (χ1) is 7.20. The maximum Gasteiger partial charge on any atom is 0.123 e. The molecular formula is C11H13FO3. The molecule has 0 aromatic heterocycles. The topological polar surface area (TPSA) is 49.7 Å². The zero-order valence-electron chi connectivity index (χ0n) is 8.14. The number of aliphatic hydroxyl groups excluding tert-OH is 2. The van der Waals surface area contributed by atoms with Gasteiger partial charge in [-0.2, -0.15) is 0 Å². The lowest BCUT2D eigenvalue weighted by molar-refractivity contribution is -0.0108. The predicted octanol–water partition coefficient (Wildman–Crippen LogP) is 1.01. The highest BCUT2D eigenvalue weighted by Crippen LogP contribution is 2.32. The molecule has 1 heterocycles. The Balaban J connectivity index is 2.14. The van der Waals surface area contributed by atoms with Gasteiger partial charge in [0.05, 0.1) is 18.8 Å². The SMILES string of the molecule is OC[C@@H]1C[C@H](O)[C@H](c2ccc(F)cc2)O1. The lowest BCUT2D eigenvalue weighted by Gasteiger charge is -2.14. The van der Waals surface area contributed by atoms with Crippen LogP contribution < -0.4 is 0 Å². The Kier molecular flexibility index (Phi) is 3.00. The highest BCUT2D eigenvalue weighted by atomic mass is 19.1. The molecule has 0 amide bonds. The predicted molar refractivity (Wildman–Crippen MR) is 51.7 cm³/mol. The van der Waals surface area contributed by atoms with Gasteiger partial charge < -0.3 is 14.9 Å². The summed E-state index contributed by atoms with van der Waals surface area (Å²) in [6.07, 6.45) is -0.996. The summed E-state index contributed by atoms with van der Waals surface area (Å²) in [5.41, 5.74) is 0.736. The molecule has 0 radical (unpaired) electrons. The van der Waals surface area contributed by atoms with Crippen molar-refractivity contribution in [2.24, 2.45) is 0 Å². The molecule has 15 heavy (non-hydrogen) atoms. The zero-order chi connectivity index (χ0) is 10.8. The molecule has 0 bridgehead atoms. The van der Waals surface area contributed by atoms with E-state index in [1.807, 2.05) is 0 Å². The van der Waals surface area contributed by atoms with Crippen molar-refractivity contribution in [3.8, 4) is 0 Å². The van der Waals surface area contributed by atoms with Crippen LogP contribution in [0.25, 0.3) is 0 Å². The van der Waals surface area contributed by atoms with Gasteiger partial charge in [-0.3, -0.25) is 0 Å². The average molecular weight is 212 g/mol. The van der Waals surface area contributed by atoms with E-state index in [0.717, 1.165) is 5.56 Å². The number of hydrogen-bond acceptors (Lipinski definition) is 3. The van der Waals surface area contributed by atoms with Crippen LogP contribution in [0.15, 0.2) is 24.3 Å². The quantitative estimate of drug-likeness (QED) is 0.769. The standard InChI is InChI=1S/C11H13FO3/c12-8-3-1-7(2-4-8)11-10(14)5-9(6-13)15-11/h1-4,9-11,13-14H,5-6H2/t9-,10-,11-/m0/s1. The fraction of sp³-hybridized carbons (Fsp3) is 0.455. The van der Waals surface area contributed by atoms with Crippen LogP contribution in [0.4, 0.5) is 4.39 Å². The molecule has 0 aliphatic carbocycles. The van der Waals surface area contributed by atoms with Crippen molar-refractivity contribution in [2.75, 3.05) is 6.61 Å². The molecule has 82 valence electrons. The lowest BCUT2D eigenvalue weighted by Crippen LogP contribution is -2.11. The van der Waals surface area contributed by atoms with Crippen LogP contribution in [-0.2, 0) is 4.74 Å². The summed E-state index contributed by atoms with van der Waals surface area (Å²) in [6, 6.07) is 5.83. The molecule has 2 rings (SSSR count). The van der Waals surface area contributed by atoms with E-state index in [1.54, 1.807) is 12.1 Å². The second kappa shape index (κ2) is 4.26. The van der Waals surface area contributed by atoms with E-state index in [-0.39, 0.29) is 18.5 Å². The molecule has 1 aromatic rings. The van der Waals surface area contributed by atoms with Crippen LogP contribution in [0.2, 0.25) is 0 Å². The molecule has 1 aromatic carbocycles. The third-order valence-electron chi connectivity index (χ3n) is 2.60. The minimum Gasteiger partial charge on any atom is -0.394 e. The Morgan fingerprint density at radius 1 is 1.33 bits per heavy atom. The van der Waals surface area contributed by atoms with Crippen molar-refractivity contribution in [3.05, 3.63) is 35.6 Å². The zero-order valence-corrected chi connectivity index (χ0v) is 8.14. The van der Waals surface area contributed by atoms with Gasteiger partial charge in [0.2, 0.25) is 0 Å². The molecule has 0 saturated carbocycles. The summed E-state index contributed by atoms with van der Waals surface area (Å²) >= 11 is 0. The monoisotopic (exact) mass is 212 g/mol. The summed E-state index contributed by atoms with van der Waals surface area (Å²) in [7, 11) is 0. The van der Waals surface area contributed by atoms with Gasteiger partial charge in [-0.25, -0.2) is 4.39 Å². The van der Waals surface area contributed by atoms with Crippen LogP contribution in [-0.4, -0.2) is 29.0 Å². The van der Waals surface area contributed by atoms with E-state index >= 15 is 0 Å². The van der Waals surface area contributed by atoms with E-state index in [0.29, 0.717) is 6.42 Å². The maximum atomic E-state index is 12.7.